The number of imide groups is 1. The molecule has 0 aliphatic rings. The Morgan fingerprint density at radius 1 is 1.39 bits per heavy atom. The van der Waals surface area contributed by atoms with Gasteiger partial charge in [0.1, 0.15) is 4.88 Å². The first-order valence-corrected chi connectivity index (χ1v) is 6.29. The molecule has 1 aromatic rings. The van der Waals surface area contributed by atoms with Gasteiger partial charge in [0.15, 0.2) is 6.61 Å². The number of urea groups is 1. The number of hydrogen-bond donors (Lipinski definition) is 2. The molecule has 0 spiro atoms. The van der Waals surface area contributed by atoms with Crippen LogP contribution in [-0.2, 0) is 9.53 Å². The van der Waals surface area contributed by atoms with Crippen LogP contribution in [0.25, 0.3) is 0 Å². The van der Waals surface area contributed by atoms with Gasteiger partial charge in [-0.25, -0.2) is 9.59 Å². The summed E-state index contributed by atoms with van der Waals surface area (Å²) >= 11 is 1.22. The van der Waals surface area contributed by atoms with Crippen LogP contribution in [0.1, 0.15) is 23.0 Å². The van der Waals surface area contributed by atoms with Crippen molar-refractivity contribution in [2.75, 3.05) is 13.2 Å². The Hall–Kier alpha value is -1.89. The van der Waals surface area contributed by atoms with Gasteiger partial charge in [0.25, 0.3) is 5.91 Å². The highest BCUT2D eigenvalue weighted by atomic mass is 32.1. The highest BCUT2D eigenvalue weighted by Crippen LogP contribution is 2.09. The summed E-state index contributed by atoms with van der Waals surface area (Å²) in [4.78, 5) is 34.1. The molecule has 3 amide bonds. The summed E-state index contributed by atoms with van der Waals surface area (Å²) in [5.74, 6) is -1.23. The summed E-state index contributed by atoms with van der Waals surface area (Å²) in [7, 11) is 0. The fraction of sp³-hybridized carbons (Fsp3) is 0.364. The summed E-state index contributed by atoms with van der Waals surface area (Å²) in [5.41, 5.74) is 0. The minimum Gasteiger partial charge on any atom is -0.451 e. The Bertz CT molecular complexity index is 417. The van der Waals surface area contributed by atoms with E-state index in [4.69, 9.17) is 4.74 Å². The molecule has 1 rings (SSSR count). The molecule has 0 bridgehead atoms. The van der Waals surface area contributed by atoms with Crippen LogP contribution in [0.15, 0.2) is 17.5 Å². The highest BCUT2D eigenvalue weighted by molar-refractivity contribution is 7.11. The summed E-state index contributed by atoms with van der Waals surface area (Å²) < 4.78 is 4.73. The molecule has 1 aromatic heterocycles. The number of esters is 1. The van der Waals surface area contributed by atoms with Crippen LogP contribution in [0.5, 0.6) is 0 Å². The number of amides is 3. The van der Waals surface area contributed by atoms with Crippen molar-refractivity contribution in [3.05, 3.63) is 22.4 Å². The first-order chi connectivity index (χ1) is 8.63. The lowest BCUT2D eigenvalue weighted by atomic mass is 10.5. The smallest absolute Gasteiger partial charge is 0.348 e. The molecule has 0 saturated heterocycles. The van der Waals surface area contributed by atoms with Gasteiger partial charge >= 0.3 is 12.0 Å². The first kappa shape index (κ1) is 14.2. The lowest BCUT2D eigenvalue weighted by Gasteiger charge is -2.05. The number of carbonyl (C=O) groups is 3. The summed E-state index contributed by atoms with van der Waals surface area (Å²) in [6, 6.07) is 2.72. The minimum absolute atomic E-state index is 0.415. The molecule has 1 heterocycles. The topological polar surface area (TPSA) is 84.5 Å². The maximum absolute atomic E-state index is 11.4. The van der Waals surface area contributed by atoms with E-state index in [0.29, 0.717) is 11.4 Å². The number of hydrogen-bond acceptors (Lipinski definition) is 5. The molecule has 7 heteroatoms. The maximum atomic E-state index is 11.4. The molecule has 2 N–H and O–H groups in total. The molecule has 18 heavy (non-hydrogen) atoms. The van der Waals surface area contributed by atoms with E-state index in [0.717, 1.165) is 6.42 Å². The average Bonchev–Trinajstić information content (AvgIpc) is 2.87. The Balaban J connectivity index is 2.25. The van der Waals surface area contributed by atoms with Gasteiger partial charge < -0.3 is 10.1 Å². The van der Waals surface area contributed by atoms with Crippen LogP contribution < -0.4 is 10.6 Å². The van der Waals surface area contributed by atoms with Crippen LogP contribution >= 0.6 is 11.3 Å². The monoisotopic (exact) mass is 270 g/mol. The number of carbonyl (C=O) groups excluding carboxylic acids is 3. The van der Waals surface area contributed by atoms with E-state index in [2.05, 4.69) is 10.6 Å². The van der Waals surface area contributed by atoms with Gasteiger partial charge in [-0.05, 0) is 17.9 Å². The quantitative estimate of drug-likeness (QED) is 0.786. The molecule has 6 nitrogen and oxygen atoms in total. The number of ether oxygens (including phenoxy) is 1. The SMILES string of the molecule is CCCNC(=O)NC(=O)COC(=O)c1cccs1. The zero-order valence-corrected chi connectivity index (χ0v) is 10.7. The lowest BCUT2D eigenvalue weighted by molar-refractivity contribution is -0.123. The molecule has 0 unspecified atom stereocenters. The Morgan fingerprint density at radius 3 is 2.78 bits per heavy atom. The largest absolute Gasteiger partial charge is 0.451 e. The van der Waals surface area contributed by atoms with Crippen molar-refractivity contribution in [3.63, 3.8) is 0 Å². The van der Waals surface area contributed by atoms with E-state index in [1.165, 1.54) is 11.3 Å². The molecule has 0 radical (unpaired) electrons. The zero-order chi connectivity index (χ0) is 13.4. The lowest BCUT2D eigenvalue weighted by Crippen LogP contribution is -2.41. The number of nitrogens with one attached hydrogen (secondary N) is 2. The van der Waals surface area contributed by atoms with Crippen LogP contribution in [0.2, 0.25) is 0 Å². The van der Waals surface area contributed by atoms with Crippen molar-refractivity contribution in [2.45, 2.75) is 13.3 Å². The van der Waals surface area contributed by atoms with Crippen molar-refractivity contribution in [3.8, 4) is 0 Å². The van der Waals surface area contributed by atoms with Crippen LogP contribution in [0.3, 0.4) is 0 Å². The predicted molar refractivity (Wildman–Crippen MR) is 66.4 cm³/mol. The van der Waals surface area contributed by atoms with Gasteiger partial charge in [0, 0.05) is 6.54 Å². The second kappa shape index (κ2) is 7.44. The normalized spacial score (nSPS) is 9.61. The number of rotatable bonds is 5. The van der Waals surface area contributed by atoms with E-state index in [-0.39, 0.29) is 0 Å². The highest BCUT2D eigenvalue weighted by Gasteiger charge is 2.12. The summed E-state index contributed by atoms with van der Waals surface area (Å²) in [6.45, 7) is 1.90. The van der Waals surface area contributed by atoms with E-state index in [9.17, 15) is 14.4 Å². The molecule has 0 atom stereocenters. The Labute approximate surface area is 108 Å². The Kier molecular flexibility index (Phi) is 5.86. The molecule has 0 saturated carbocycles. The molecule has 98 valence electrons. The predicted octanol–water partition coefficient (Wildman–Crippen LogP) is 1.14. The van der Waals surface area contributed by atoms with Gasteiger partial charge in [-0.2, -0.15) is 0 Å². The first-order valence-electron chi connectivity index (χ1n) is 5.41. The van der Waals surface area contributed by atoms with E-state index in [1.54, 1.807) is 17.5 Å². The summed E-state index contributed by atoms with van der Waals surface area (Å²) in [6.07, 6.45) is 0.773. The van der Waals surface area contributed by atoms with Gasteiger partial charge in [0.05, 0.1) is 0 Å². The average molecular weight is 270 g/mol. The third kappa shape index (κ3) is 4.96. The fourth-order valence-electron chi connectivity index (χ4n) is 1.04. The zero-order valence-electron chi connectivity index (χ0n) is 9.89. The van der Waals surface area contributed by atoms with Crippen molar-refractivity contribution in [2.24, 2.45) is 0 Å². The second-order valence-corrected chi connectivity index (χ2v) is 4.31. The van der Waals surface area contributed by atoms with Crippen LogP contribution in [0, 0.1) is 0 Å². The maximum Gasteiger partial charge on any atom is 0.348 e. The number of thiophene rings is 1. The van der Waals surface area contributed by atoms with Crippen molar-refractivity contribution in [1.29, 1.82) is 0 Å². The molecular weight excluding hydrogens is 256 g/mol. The standard InChI is InChI=1S/C11H14N2O4S/c1-2-5-12-11(16)13-9(14)7-17-10(15)8-4-3-6-18-8/h3-4,6H,2,5,7H2,1H3,(H2,12,13,14,16). The molecular formula is C11H14N2O4S. The second-order valence-electron chi connectivity index (χ2n) is 3.36. The van der Waals surface area contributed by atoms with Gasteiger partial charge in [0.2, 0.25) is 0 Å². The van der Waals surface area contributed by atoms with Gasteiger partial charge in [-0.15, -0.1) is 11.3 Å². The molecule has 0 fully saturated rings. The van der Waals surface area contributed by atoms with Crippen molar-refractivity contribution < 1.29 is 19.1 Å². The van der Waals surface area contributed by atoms with E-state index >= 15 is 0 Å². The molecule has 0 aliphatic heterocycles. The van der Waals surface area contributed by atoms with Crippen LogP contribution in [0.4, 0.5) is 4.79 Å². The van der Waals surface area contributed by atoms with E-state index < -0.39 is 24.5 Å². The van der Waals surface area contributed by atoms with Gasteiger partial charge in [-0.1, -0.05) is 13.0 Å². The molecule has 0 aliphatic carbocycles. The third-order valence-electron chi connectivity index (χ3n) is 1.85. The van der Waals surface area contributed by atoms with Crippen LogP contribution in [-0.4, -0.2) is 31.1 Å². The van der Waals surface area contributed by atoms with E-state index in [1.807, 2.05) is 6.92 Å². The minimum atomic E-state index is -0.659. The fourth-order valence-corrected chi connectivity index (χ4v) is 1.66. The summed E-state index contributed by atoms with van der Waals surface area (Å²) in [5, 5.41) is 6.25. The molecule has 0 aromatic carbocycles. The van der Waals surface area contributed by atoms with Crippen molar-refractivity contribution >= 4 is 29.2 Å². The third-order valence-corrected chi connectivity index (χ3v) is 2.70. The van der Waals surface area contributed by atoms with Crippen molar-refractivity contribution in [1.82, 2.24) is 10.6 Å². The van der Waals surface area contributed by atoms with Gasteiger partial charge in [-0.3, -0.25) is 10.1 Å². The Morgan fingerprint density at radius 2 is 2.17 bits per heavy atom.